The van der Waals surface area contributed by atoms with Crippen LogP contribution in [0.15, 0.2) is 36.4 Å². The van der Waals surface area contributed by atoms with Crippen molar-refractivity contribution in [3.63, 3.8) is 0 Å². The number of anilines is 2. The van der Waals surface area contributed by atoms with Crippen molar-refractivity contribution in [1.29, 1.82) is 0 Å². The number of para-hydroxylation sites is 1. The summed E-state index contributed by atoms with van der Waals surface area (Å²) in [5.41, 5.74) is -1.51. The van der Waals surface area contributed by atoms with Crippen LogP contribution in [0.5, 0.6) is 0 Å². The molecule has 1 N–H and O–H groups in total. The molecule has 2 unspecified atom stereocenters. The SMILES string of the molecule is Cc1cccc(C)c1N1CC(CN(C)CC(C)C)(C(=O)Nc2cc(C(F)F)cc(C(F)(F)F)c2)C(C)C1=O. The van der Waals surface area contributed by atoms with Gasteiger partial charge >= 0.3 is 6.18 Å². The van der Waals surface area contributed by atoms with Crippen molar-refractivity contribution in [3.05, 3.63) is 58.7 Å². The molecule has 0 radical (unpaired) electrons. The smallest absolute Gasteiger partial charge is 0.325 e. The Labute approximate surface area is 220 Å². The molecular formula is C28H34F5N3O2. The van der Waals surface area contributed by atoms with Crippen molar-refractivity contribution in [3.8, 4) is 0 Å². The molecular weight excluding hydrogens is 505 g/mol. The minimum absolute atomic E-state index is 0.00632. The van der Waals surface area contributed by atoms with Gasteiger partial charge in [-0.15, -0.1) is 0 Å². The molecule has 10 heteroatoms. The van der Waals surface area contributed by atoms with Gasteiger partial charge in [-0.1, -0.05) is 39.0 Å². The van der Waals surface area contributed by atoms with Crippen molar-refractivity contribution in [2.45, 2.75) is 47.2 Å². The van der Waals surface area contributed by atoms with Crippen molar-refractivity contribution in [2.75, 3.05) is 36.9 Å². The van der Waals surface area contributed by atoms with Crippen LogP contribution in [0.3, 0.4) is 0 Å². The van der Waals surface area contributed by atoms with E-state index in [1.54, 1.807) is 11.8 Å². The number of aryl methyl sites for hydroxylation is 2. The van der Waals surface area contributed by atoms with Gasteiger partial charge in [-0.05, 0) is 56.1 Å². The maximum Gasteiger partial charge on any atom is 0.416 e. The first kappa shape index (κ1) is 29.5. The summed E-state index contributed by atoms with van der Waals surface area (Å²) < 4.78 is 67.1. The van der Waals surface area contributed by atoms with Gasteiger partial charge in [0, 0.05) is 36.6 Å². The zero-order valence-corrected chi connectivity index (χ0v) is 22.4. The second-order valence-corrected chi connectivity index (χ2v) is 10.7. The lowest BCUT2D eigenvalue weighted by Crippen LogP contribution is -2.50. The van der Waals surface area contributed by atoms with E-state index in [2.05, 4.69) is 5.32 Å². The van der Waals surface area contributed by atoms with Gasteiger partial charge in [0.1, 0.15) is 0 Å². The third-order valence-electron chi connectivity index (χ3n) is 7.09. The lowest BCUT2D eigenvalue weighted by Gasteiger charge is -2.35. The molecule has 38 heavy (non-hydrogen) atoms. The Hall–Kier alpha value is -3.01. The molecule has 2 atom stereocenters. The number of benzene rings is 2. The largest absolute Gasteiger partial charge is 0.416 e. The molecule has 0 aliphatic carbocycles. The summed E-state index contributed by atoms with van der Waals surface area (Å²) in [5, 5.41) is 2.47. The predicted molar refractivity (Wildman–Crippen MR) is 137 cm³/mol. The number of carbonyl (C=O) groups is 2. The summed E-state index contributed by atoms with van der Waals surface area (Å²) in [4.78, 5) is 31.0. The zero-order valence-electron chi connectivity index (χ0n) is 22.4. The van der Waals surface area contributed by atoms with Crippen LogP contribution < -0.4 is 10.2 Å². The highest BCUT2D eigenvalue weighted by molar-refractivity contribution is 6.08. The maximum absolute atomic E-state index is 13.9. The molecule has 0 spiro atoms. The van der Waals surface area contributed by atoms with E-state index in [0.29, 0.717) is 24.4 Å². The third-order valence-corrected chi connectivity index (χ3v) is 7.09. The lowest BCUT2D eigenvalue weighted by atomic mass is 9.77. The minimum atomic E-state index is -4.88. The number of alkyl halides is 5. The quantitative estimate of drug-likeness (QED) is 0.392. The molecule has 2 amide bonds. The van der Waals surface area contributed by atoms with Crippen LogP contribution in [0, 0.1) is 31.1 Å². The highest BCUT2D eigenvalue weighted by atomic mass is 19.4. The van der Waals surface area contributed by atoms with E-state index in [0.717, 1.165) is 17.2 Å². The fraction of sp³-hybridized carbons (Fsp3) is 0.500. The first-order valence-electron chi connectivity index (χ1n) is 12.4. The van der Waals surface area contributed by atoms with Crippen molar-refractivity contribution in [1.82, 2.24) is 4.90 Å². The summed E-state index contributed by atoms with van der Waals surface area (Å²) in [6.45, 7) is 10.1. The number of hydrogen-bond acceptors (Lipinski definition) is 3. The number of nitrogens with one attached hydrogen (secondary N) is 1. The van der Waals surface area contributed by atoms with Gasteiger partial charge in [0.15, 0.2) is 0 Å². The molecule has 2 aromatic rings. The van der Waals surface area contributed by atoms with E-state index in [-0.39, 0.29) is 24.9 Å². The van der Waals surface area contributed by atoms with E-state index in [1.165, 1.54) is 0 Å². The first-order chi connectivity index (χ1) is 17.6. The van der Waals surface area contributed by atoms with Crippen LogP contribution >= 0.6 is 0 Å². The zero-order chi connectivity index (χ0) is 28.6. The maximum atomic E-state index is 13.9. The molecule has 1 fully saturated rings. The fourth-order valence-corrected chi connectivity index (χ4v) is 5.35. The monoisotopic (exact) mass is 539 g/mol. The average molecular weight is 540 g/mol. The normalized spacial score (nSPS) is 20.2. The number of halogens is 5. The van der Waals surface area contributed by atoms with Crippen LogP contribution in [0.25, 0.3) is 0 Å². The van der Waals surface area contributed by atoms with E-state index < -0.39 is 46.7 Å². The molecule has 2 aromatic carbocycles. The van der Waals surface area contributed by atoms with Gasteiger partial charge in [-0.2, -0.15) is 13.2 Å². The second kappa shape index (κ2) is 11.0. The van der Waals surface area contributed by atoms with Crippen LogP contribution in [0.4, 0.5) is 33.3 Å². The van der Waals surface area contributed by atoms with Crippen LogP contribution in [0.1, 0.15) is 49.5 Å². The topological polar surface area (TPSA) is 52.6 Å². The molecule has 1 aliphatic rings. The van der Waals surface area contributed by atoms with Crippen molar-refractivity contribution < 1.29 is 31.5 Å². The summed E-state index contributed by atoms with van der Waals surface area (Å²) in [7, 11) is 1.81. The Morgan fingerprint density at radius 1 is 1.16 bits per heavy atom. The van der Waals surface area contributed by atoms with Gasteiger partial charge in [0.2, 0.25) is 11.8 Å². The molecule has 1 saturated heterocycles. The highest BCUT2D eigenvalue weighted by Crippen LogP contribution is 2.43. The number of rotatable bonds is 8. The summed E-state index contributed by atoms with van der Waals surface area (Å²) in [6, 6.07) is 7.44. The highest BCUT2D eigenvalue weighted by Gasteiger charge is 2.56. The van der Waals surface area contributed by atoms with Crippen molar-refractivity contribution >= 4 is 23.2 Å². The number of hydrogen-bond donors (Lipinski definition) is 1. The van der Waals surface area contributed by atoms with Gasteiger partial charge in [-0.25, -0.2) is 8.78 Å². The van der Waals surface area contributed by atoms with Gasteiger partial charge in [0.25, 0.3) is 6.43 Å². The Morgan fingerprint density at radius 3 is 2.29 bits per heavy atom. The number of carbonyl (C=O) groups excluding carboxylic acids is 2. The first-order valence-corrected chi connectivity index (χ1v) is 12.4. The number of amides is 2. The third kappa shape index (κ3) is 6.00. The van der Waals surface area contributed by atoms with Crippen molar-refractivity contribution in [2.24, 2.45) is 17.3 Å². The fourth-order valence-electron chi connectivity index (χ4n) is 5.35. The minimum Gasteiger partial charge on any atom is -0.325 e. The Morgan fingerprint density at radius 2 is 1.76 bits per heavy atom. The molecule has 0 bridgehead atoms. The lowest BCUT2D eigenvalue weighted by molar-refractivity contribution is -0.137. The second-order valence-electron chi connectivity index (χ2n) is 10.7. The van der Waals surface area contributed by atoms with Gasteiger partial charge in [-0.3, -0.25) is 9.59 Å². The summed E-state index contributed by atoms with van der Waals surface area (Å²) >= 11 is 0. The molecule has 0 saturated carbocycles. The summed E-state index contributed by atoms with van der Waals surface area (Å²) in [6.07, 6.45) is -8.04. The van der Waals surface area contributed by atoms with Crippen LogP contribution in [-0.2, 0) is 15.8 Å². The summed E-state index contributed by atoms with van der Waals surface area (Å²) in [5.74, 6) is -1.55. The van der Waals surface area contributed by atoms with E-state index in [1.807, 2.05) is 57.8 Å². The Kier molecular flexibility index (Phi) is 8.55. The van der Waals surface area contributed by atoms with Gasteiger partial charge in [0.05, 0.1) is 16.9 Å². The Balaban J connectivity index is 2.08. The molecule has 1 aliphatic heterocycles. The molecule has 3 rings (SSSR count). The van der Waals surface area contributed by atoms with E-state index in [9.17, 15) is 31.5 Å². The molecule has 5 nitrogen and oxygen atoms in total. The predicted octanol–water partition coefficient (Wildman–Crippen LogP) is 6.46. The average Bonchev–Trinajstić information content (AvgIpc) is 3.03. The van der Waals surface area contributed by atoms with E-state index in [4.69, 9.17) is 0 Å². The van der Waals surface area contributed by atoms with E-state index >= 15 is 0 Å². The molecule has 1 heterocycles. The molecule has 208 valence electrons. The van der Waals surface area contributed by atoms with Crippen LogP contribution in [0.2, 0.25) is 0 Å². The number of nitrogens with zero attached hydrogens (tertiary/aromatic N) is 2. The standard InChI is InChI=1S/C28H34F5N3O2/c1-16(2)13-35(6)14-27(15-36(25(37)19(27)5)23-17(3)8-7-9-18(23)4)26(38)34-22-11-20(24(29)30)10-21(12-22)28(31,32)33/h7-12,16,19,24H,13-15H2,1-6H3,(H,34,38). The van der Waals surface area contributed by atoms with Crippen LogP contribution in [-0.4, -0.2) is 43.4 Å². The van der Waals surface area contributed by atoms with Gasteiger partial charge < -0.3 is 15.1 Å². The Bertz CT molecular complexity index is 1180. The molecule has 0 aromatic heterocycles.